The van der Waals surface area contributed by atoms with Crippen molar-refractivity contribution in [2.75, 3.05) is 17.7 Å². The molecule has 0 aliphatic rings. The number of nitrogens with two attached hydrogens (primary N) is 1. The summed E-state index contributed by atoms with van der Waals surface area (Å²) in [7, 11) is 1.64. The molecular weight excluding hydrogens is 271 g/mol. The molecule has 0 atom stereocenters. The summed E-state index contributed by atoms with van der Waals surface area (Å²) in [5, 5.41) is 0. The highest BCUT2D eigenvalue weighted by Crippen LogP contribution is 2.32. The molecule has 0 saturated heterocycles. The van der Waals surface area contributed by atoms with Crippen LogP contribution in [0.5, 0.6) is 0 Å². The molecule has 2 aromatic rings. The smallest absolute Gasteiger partial charge is 0.433 e. The van der Waals surface area contributed by atoms with Crippen LogP contribution in [0.3, 0.4) is 0 Å². The molecule has 0 fully saturated rings. The zero-order valence-corrected chi connectivity index (χ0v) is 11.0. The predicted molar refractivity (Wildman–Crippen MR) is 69.2 cm³/mol. The van der Waals surface area contributed by atoms with Crippen LogP contribution in [0.15, 0.2) is 28.8 Å². The third kappa shape index (κ3) is 3.04. The maximum atomic E-state index is 12.7. The Hall–Kier alpha value is -2.18. The van der Waals surface area contributed by atoms with Gasteiger partial charge in [0.15, 0.2) is 0 Å². The van der Waals surface area contributed by atoms with Gasteiger partial charge in [0.2, 0.25) is 0 Å². The first-order valence-corrected chi connectivity index (χ1v) is 5.86. The van der Waals surface area contributed by atoms with Crippen molar-refractivity contribution in [3.63, 3.8) is 0 Å². The lowest BCUT2D eigenvalue weighted by Crippen LogP contribution is -2.19. The van der Waals surface area contributed by atoms with E-state index in [1.165, 1.54) is 0 Å². The fourth-order valence-corrected chi connectivity index (χ4v) is 1.83. The summed E-state index contributed by atoms with van der Waals surface area (Å²) in [5.74, 6) is 1.39. The molecule has 0 aliphatic heterocycles. The summed E-state index contributed by atoms with van der Waals surface area (Å²) >= 11 is 0. The number of anilines is 2. The highest BCUT2D eigenvalue weighted by molar-refractivity contribution is 5.66. The summed E-state index contributed by atoms with van der Waals surface area (Å²) in [6.07, 6.45) is -3.48. The third-order valence-corrected chi connectivity index (χ3v) is 2.80. The Morgan fingerprint density at radius 3 is 2.60 bits per heavy atom. The number of halogens is 3. The number of aryl methyl sites for hydroxylation is 1. The van der Waals surface area contributed by atoms with Crippen molar-refractivity contribution in [1.29, 1.82) is 0 Å². The van der Waals surface area contributed by atoms with Gasteiger partial charge in [-0.25, -0.2) is 4.98 Å². The maximum Gasteiger partial charge on any atom is 0.433 e. The lowest BCUT2D eigenvalue weighted by molar-refractivity contribution is -0.141. The summed E-state index contributed by atoms with van der Waals surface area (Å²) in [5.41, 5.74) is 5.17. The molecule has 4 nitrogen and oxygen atoms in total. The highest BCUT2D eigenvalue weighted by atomic mass is 19.4. The average Bonchev–Trinajstić information content (AvgIpc) is 2.73. The molecule has 0 aliphatic carbocycles. The van der Waals surface area contributed by atoms with E-state index in [-0.39, 0.29) is 11.4 Å². The minimum Gasteiger partial charge on any atom is -0.464 e. The van der Waals surface area contributed by atoms with Crippen molar-refractivity contribution >= 4 is 11.4 Å². The van der Waals surface area contributed by atoms with Gasteiger partial charge in [-0.1, -0.05) is 0 Å². The van der Waals surface area contributed by atoms with Gasteiger partial charge >= 0.3 is 6.18 Å². The lowest BCUT2D eigenvalue weighted by atomic mass is 10.2. The Balaban J connectivity index is 2.27. The molecule has 0 unspecified atom stereocenters. The van der Waals surface area contributed by atoms with Crippen LogP contribution >= 0.6 is 0 Å². The SMILES string of the molecule is Cc1ccc(CN(C)c2cc(C(F)(F)F)ncc2N)o1. The van der Waals surface area contributed by atoms with Crippen LogP contribution in [0.2, 0.25) is 0 Å². The van der Waals surface area contributed by atoms with E-state index < -0.39 is 11.9 Å². The van der Waals surface area contributed by atoms with Crippen LogP contribution in [0, 0.1) is 6.92 Å². The first-order valence-electron chi connectivity index (χ1n) is 5.86. The zero-order chi connectivity index (χ0) is 14.9. The Bertz CT molecular complexity index is 607. The van der Waals surface area contributed by atoms with E-state index in [1.54, 1.807) is 31.0 Å². The number of nitrogen functional groups attached to an aromatic ring is 1. The molecule has 2 N–H and O–H groups in total. The topological polar surface area (TPSA) is 55.3 Å². The summed E-state index contributed by atoms with van der Waals surface area (Å²) in [6, 6.07) is 4.50. The molecule has 0 radical (unpaired) electrons. The van der Waals surface area contributed by atoms with Crippen molar-refractivity contribution < 1.29 is 17.6 Å². The number of nitrogens with zero attached hydrogens (tertiary/aromatic N) is 2. The maximum absolute atomic E-state index is 12.7. The van der Waals surface area contributed by atoms with Gasteiger partial charge in [-0.3, -0.25) is 0 Å². The quantitative estimate of drug-likeness (QED) is 0.940. The Morgan fingerprint density at radius 1 is 1.35 bits per heavy atom. The van der Waals surface area contributed by atoms with Gasteiger partial charge in [-0.15, -0.1) is 0 Å². The number of hydrogen-bond donors (Lipinski definition) is 1. The van der Waals surface area contributed by atoms with Crippen molar-refractivity contribution in [2.24, 2.45) is 0 Å². The molecule has 2 aromatic heterocycles. The van der Waals surface area contributed by atoms with Crippen LogP contribution in [0.1, 0.15) is 17.2 Å². The average molecular weight is 285 g/mol. The number of hydrogen-bond acceptors (Lipinski definition) is 4. The molecule has 20 heavy (non-hydrogen) atoms. The van der Waals surface area contributed by atoms with Crippen molar-refractivity contribution in [3.05, 3.63) is 41.6 Å². The largest absolute Gasteiger partial charge is 0.464 e. The molecule has 0 amide bonds. The van der Waals surface area contributed by atoms with Crippen LogP contribution in [0.25, 0.3) is 0 Å². The second-order valence-electron chi connectivity index (χ2n) is 4.49. The van der Waals surface area contributed by atoms with Gasteiger partial charge in [0.25, 0.3) is 0 Å². The molecule has 0 aromatic carbocycles. The molecular formula is C13H14F3N3O. The number of furan rings is 1. The first-order chi connectivity index (χ1) is 9.27. The number of aromatic nitrogens is 1. The van der Waals surface area contributed by atoms with E-state index in [0.29, 0.717) is 12.3 Å². The van der Waals surface area contributed by atoms with Gasteiger partial charge in [-0.05, 0) is 25.1 Å². The van der Waals surface area contributed by atoms with Crippen LogP contribution in [0.4, 0.5) is 24.5 Å². The molecule has 0 saturated carbocycles. The fourth-order valence-electron chi connectivity index (χ4n) is 1.83. The van der Waals surface area contributed by atoms with Crippen molar-refractivity contribution in [1.82, 2.24) is 4.98 Å². The van der Waals surface area contributed by atoms with Crippen LogP contribution in [-0.4, -0.2) is 12.0 Å². The van der Waals surface area contributed by atoms with Gasteiger partial charge < -0.3 is 15.1 Å². The Labute approximate surface area is 114 Å². The van der Waals surface area contributed by atoms with E-state index in [2.05, 4.69) is 4.98 Å². The molecule has 0 spiro atoms. The number of alkyl halides is 3. The van der Waals surface area contributed by atoms with Gasteiger partial charge in [0.05, 0.1) is 24.1 Å². The molecule has 108 valence electrons. The molecule has 0 bridgehead atoms. The van der Waals surface area contributed by atoms with Crippen molar-refractivity contribution in [2.45, 2.75) is 19.6 Å². The Kier molecular flexibility index (Phi) is 3.61. The molecule has 2 rings (SSSR count). The summed E-state index contributed by atoms with van der Waals surface area (Å²) < 4.78 is 43.4. The minimum atomic E-state index is -4.50. The van der Waals surface area contributed by atoms with Gasteiger partial charge in [-0.2, -0.15) is 13.2 Å². The van der Waals surface area contributed by atoms with E-state index in [1.807, 2.05) is 0 Å². The highest BCUT2D eigenvalue weighted by Gasteiger charge is 2.33. The Morgan fingerprint density at radius 2 is 2.05 bits per heavy atom. The monoisotopic (exact) mass is 285 g/mol. The van der Waals surface area contributed by atoms with E-state index in [9.17, 15) is 13.2 Å². The van der Waals surface area contributed by atoms with E-state index >= 15 is 0 Å². The normalized spacial score (nSPS) is 11.7. The minimum absolute atomic E-state index is 0.184. The van der Waals surface area contributed by atoms with Gasteiger partial charge in [0.1, 0.15) is 17.2 Å². The standard InChI is InChI=1S/C13H14F3N3O/c1-8-3-4-9(20-8)7-19(2)11-5-12(13(14,15)16)18-6-10(11)17/h3-6H,7,17H2,1-2H3. The zero-order valence-electron chi connectivity index (χ0n) is 11.0. The number of pyridine rings is 1. The second-order valence-corrected chi connectivity index (χ2v) is 4.49. The third-order valence-electron chi connectivity index (χ3n) is 2.80. The molecule has 2 heterocycles. The summed E-state index contributed by atoms with van der Waals surface area (Å²) in [4.78, 5) is 4.89. The number of rotatable bonds is 3. The lowest BCUT2D eigenvalue weighted by Gasteiger charge is -2.20. The predicted octanol–water partition coefficient (Wildman–Crippen LogP) is 3.22. The van der Waals surface area contributed by atoms with Crippen LogP contribution in [-0.2, 0) is 12.7 Å². The fraction of sp³-hybridized carbons (Fsp3) is 0.308. The van der Waals surface area contributed by atoms with Crippen molar-refractivity contribution in [3.8, 4) is 0 Å². The van der Waals surface area contributed by atoms with E-state index in [4.69, 9.17) is 10.2 Å². The van der Waals surface area contributed by atoms with Crippen LogP contribution < -0.4 is 10.6 Å². The van der Waals surface area contributed by atoms with E-state index in [0.717, 1.165) is 18.0 Å². The second kappa shape index (κ2) is 5.07. The molecule has 7 heteroatoms. The first kappa shape index (κ1) is 14.2. The van der Waals surface area contributed by atoms with Gasteiger partial charge in [0, 0.05) is 7.05 Å². The summed E-state index contributed by atoms with van der Waals surface area (Å²) in [6.45, 7) is 2.12.